The molecule has 0 spiro atoms. The number of ether oxygens (including phenoxy) is 2. The Bertz CT molecular complexity index is 412. The highest BCUT2D eigenvalue weighted by atomic mass is 16.5. The van der Waals surface area contributed by atoms with Crippen LogP contribution in [0, 0.1) is 19.8 Å². The van der Waals surface area contributed by atoms with Crippen molar-refractivity contribution in [3.8, 4) is 5.75 Å². The van der Waals surface area contributed by atoms with E-state index < -0.39 is 6.10 Å². The molecule has 1 aromatic carbocycles. The van der Waals surface area contributed by atoms with Gasteiger partial charge >= 0.3 is 0 Å². The Kier molecular flexibility index (Phi) is 6.49. The van der Waals surface area contributed by atoms with Gasteiger partial charge in [-0.1, -0.05) is 18.2 Å². The fourth-order valence-electron chi connectivity index (χ4n) is 2.21. The molecule has 2 N–H and O–H groups in total. The van der Waals surface area contributed by atoms with E-state index >= 15 is 0 Å². The van der Waals surface area contributed by atoms with Crippen LogP contribution in [0.1, 0.15) is 24.0 Å². The van der Waals surface area contributed by atoms with E-state index in [2.05, 4.69) is 5.32 Å². The summed E-state index contributed by atoms with van der Waals surface area (Å²) in [5.41, 5.74) is 2.20. The Morgan fingerprint density at radius 1 is 1.29 bits per heavy atom. The Balaban J connectivity index is 1.55. The smallest absolute Gasteiger partial charge is 0.125 e. The molecule has 4 nitrogen and oxygen atoms in total. The zero-order valence-electron chi connectivity index (χ0n) is 13.1. The number of nitrogens with one attached hydrogen (secondary N) is 1. The predicted octanol–water partition coefficient (Wildman–Crippen LogP) is 2.06. The topological polar surface area (TPSA) is 50.7 Å². The molecule has 1 aliphatic carbocycles. The van der Waals surface area contributed by atoms with E-state index in [1.165, 1.54) is 12.8 Å². The van der Waals surface area contributed by atoms with Gasteiger partial charge in [0.2, 0.25) is 0 Å². The maximum absolute atomic E-state index is 9.92. The van der Waals surface area contributed by atoms with Gasteiger partial charge in [0.15, 0.2) is 0 Å². The number of benzene rings is 1. The molecule has 118 valence electrons. The molecule has 1 aromatic rings. The third-order valence-corrected chi connectivity index (χ3v) is 3.68. The fraction of sp³-hybridized carbons (Fsp3) is 0.647. The lowest BCUT2D eigenvalue weighted by molar-refractivity contribution is 0.0963. The number of aryl methyl sites for hydroxylation is 2. The van der Waals surface area contributed by atoms with Crippen molar-refractivity contribution in [1.82, 2.24) is 5.32 Å². The van der Waals surface area contributed by atoms with E-state index in [4.69, 9.17) is 9.47 Å². The van der Waals surface area contributed by atoms with Gasteiger partial charge < -0.3 is 19.9 Å². The lowest BCUT2D eigenvalue weighted by atomic mass is 10.1. The first-order valence-electron chi connectivity index (χ1n) is 7.82. The van der Waals surface area contributed by atoms with Gasteiger partial charge in [-0.25, -0.2) is 0 Å². The van der Waals surface area contributed by atoms with Gasteiger partial charge in [-0.05, 0) is 43.7 Å². The molecular weight excluding hydrogens is 266 g/mol. The summed E-state index contributed by atoms with van der Waals surface area (Å²) in [6, 6.07) is 6.05. The summed E-state index contributed by atoms with van der Waals surface area (Å²) in [6.45, 7) is 7.24. The first-order valence-corrected chi connectivity index (χ1v) is 7.82. The highest BCUT2D eigenvalue weighted by Gasteiger charge is 2.20. The molecular formula is C17H27NO3. The number of hydrogen-bond donors (Lipinski definition) is 2. The monoisotopic (exact) mass is 293 g/mol. The molecule has 21 heavy (non-hydrogen) atoms. The number of aliphatic hydroxyl groups excluding tert-OH is 1. The number of aliphatic hydroxyl groups is 1. The van der Waals surface area contributed by atoms with Crippen molar-refractivity contribution in [2.75, 3.05) is 32.9 Å². The van der Waals surface area contributed by atoms with Crippen LogP contribution in [0.2, 0.25) is 0 Å². The Morgan fingerprint density at radius 3 is 2.67 bits per heavy atom. The highest BCUT2D eigenvalue weighted by molar-refractivity contribution is 5.39. The minimum atomic E-state index is -0.507. The average Bonchev–Trinajstić information content (AvgIpc) is 3.26. The van der Waals surface area contributed by atoms with Crippen LogP contribution in [0.25, 0.3) is 0 Å². The van der Waals surface area contributed by atoms with Crippen LogP contribution in [0.5, 0.6) is 5.75 Å². The molecule has 0 aromatic heterocycles. The summed E-state index contributed by atoms with van der Waals surface area (Å²) >= 11 is 0. The zero-order valence-corrected chi connectivity index (χ0v) is 13.1. The minimum absolute atomic E-state index is 0.307. The third-order valence-electron chi connectivity index (χ3n) is 3.68. The molecule has 1 atom stereocenters. The molecule has 1 aliphatic rings. The van der Waals surface area contributed by atoms with Crippen molar-refractivity contribution in [2.24, 2.45) is 5.92 Å². The third kappa shape index (κ3) is 6.04. The van der Waals surface area contributed by atoms with E-state index in [0.29, 0.717) is 19.8 Å². The lowest BCUT2D eigenvalue weighted by Gasteiger charge is -2.16. The molecule has 0 radical (unpaired) electrons. The SMILES string of the molecule is Cc1cccc(C)c1OCC(O)CNCCOCC1CC1. The second-order valence-corrected chi connectivity index (χ2v) is 5.91. The molecule has 0 heterocycles. The zero-order chi connectivity index (χ0) is 15.1. The lowest BCUT2D eigenvalue weighted by Crippen LogP contribution is -2.33. The summed E-state index contributed by atoms with van der Waals surface area (Å²) in [6.07, 6.45) is 2.14. The quantitative estimate of drug-likeness (QED) is 0.648. The van der Waals surface area contributed by atoms with Gasteiger partial charge in [0.25, 0.3) is 0 Å². The van der Waals surface area contributed by atoms with Gasteiger partial charge in [-0.3, -0.25) is 0 Å². The molecule has 4 heteroatoms. The largest absolute Gasteiger partial charge is 0.490 e. The maximum atomic E-state index is 9.92. The van der Waals surface area contributed by atoms with Crippen molar-refractivity contribution in [1.29, 1.82) is 0 Å². The molecule has 0 saturated heterocycles. The van der Waals surface area contributed by atoms with Crippen LogP contribution in [0.3, 0.4) is 0 Å². The summed E-state index contributed by atoms with van der Waals surface area (Å²) in [4.78, 5) is 0. The van der Waals surface area contributed by atoms with Gasteiger partial charge in [0.05, 0.1) is 6.61 Å². The Morgan fingerprint density at radius 2 is 2.00 bits per heavy atom. The average molecular weight is 293 g/mol. The summed E-state index contributed by atoms with van der Waals surface area (Å²) in [5.74, 6) is 1.69. The molecule has 1 saturated carbocycles. The normalized spacial score (nSPS) is 16.0. The van der Waals surface area contributed by atoms with Gasteiger partial charge in [-0.2, -0.15) is 0 Å². The molecule has 0 amide bonds. The fourth-order valence-corrected chi connectivity index (χ4v) is 2.21. The van der Waals surface area contributed by atoms with Crippen molar-refractivity contribution in [3.05, 3.63) is 29.3 Å². The van der Waals surface area contributed by atoms with E-state index in [-0.39, 0.29) is 0 Å². The van der Waals surface area contributed by atoms with E-state index in [1.807, 2.05) is 32.0 Å². The van der Waals surface area contributed by atoms with E-state index in [1.54, 1.807) is 0 Å². The van der Waals surface area contributed by atoms with Crippen LogP contribution in [0.15, 0.2) is 18.2 Å². The number of para-hydroxylation sites is 1. The first kappa shape index (κ1) is 16.3. The van der Waals surface area contributed by atoms with Crippen molar-refractivity contribution in [2.45, 2.75) is 32.8 Å². The molecule has 0 aliphatic heterocycles. The Hall–Kier alpha value is -1.10. The minimum Gasteiger partial charge on any atom is -0.490 e. The Labute approximate surface area is 127 Å². The van der Waals surface area contributed by atoms with Crippen LogP contribution < -0.4 is 10.1 Å². The summed E-state index contributed by atoms with van der Waals surface area (Å²) in [5, 5.41) is 13.1. The van der Waals surface area contributed by atoms with Crippen molar-refractivity contribution < 1.29 is 14.6 Å². The van der Waals surface area contributed by atoms with Crippen LogP contribution >= 0.6 is 0 Å². The van der Waals surface area contributed by atoms with Gasteiger partial charge in [-0.15, -0.1) is 0 Å². The molecule has 1 unspecified atom stereocenters. The molecule has 0 bridgehead atoms. The van der Waals surface area contributed by atoms with E-state index in [9.17, 15) is 5.11 Å². The summed E-state index contributed by atoms with van der Waals surface area (Å²) in [7, 11) is 0. The van der Waals surface area contributed by atoms with Crippen molar-refractivity contribution in [3.63, 3.8) is 0 Å². The molecule has 2 rings (SSSR count). The highest BCUT2D eigenvalue weighted by Crippen LogP contribution is 2.28. The number of hydrogen-bond acceptors (Lipinski definition) is 4. The predicted molar refractivity (Wildman–Crippen MR) is 83.8 cm³/mol. The number of rotatable bonds is 10. The standard InChI is InChI=1S/C17H27NO3/c1-13-4-3-5-14(2)17(13)21-12-16(19)10-18-8-9-20-11-15-6-7-15/h3-5,15-16,18-19H,6-12H2,1-2H3. The maximum Gasteiger partial charge on any atom is 0.125 e. The second-order valence-electron chi connectivity index (χ2n) is 5.91. The van der Waals surface area contributed by atoms with Crippen LogP contribution in [-0.4, -0.2) is 44.1 Å². The van der Waals surface area contributed by atoms with E-state index in [0.717, 1.165) is 35.9 Å². The van der Waals surface area contributed by atoms with Crippen molar-refractivity contribution >= 4 is 0 Å². The second kappa shape index (κ2) is 8.37. The van der Waals surface area contributed by atoms with Crippen LogP contribution in [0.4, 0.5) is 0 Å². The first-order chi connectivity index (χ1) is 10.2. The molecule has 1 fully saturated rings. The van der Waals surface area contributed by atoms with Crippen LogP contribution in [-0.2, 0) is 4.74 Å². The van der Waals surface area contributed by atoms with Gasteiger partial charge in [0.1, 0.15) is 18.5 Å². The summed E-state index contributed by atoms with van der Waals surface area (Å²) < 4.78 is 11.3. The van der Waals surface area contributed by atoms with Gasteiger partial charge in [0, 0.05) is 19.7 Å².